The monoisotopic (exact) mass is 542 g/mol. The van der Waals surface area contributed by atoms with Crippen LogP contribution < -0.4 is 10.1 Å². The Morgan fingerprint density at radius 2 is 1.74 bits per heavy atom. The van der Waals surface area contributed by atoms with Crippen molar-refractivity contribution in [1.29, 1.82) is 0 Å². The van der Waals surface area contributed by atoms with Crippen LogP contribution in [-0.2, 0) is 22.6 Å². The first-order chi connectivity index (χ1) is 16.4. The van der Waals surface area contributed by atoms with Gasteiger partial charge in [-0.05, 0) is 60.9 Å². The Kier molecular flexibility index (Phi) is 9.54. The van der Waals surface area contributed by atoms with Crippen LogP contribution >= 0.6 is 27.5 Å². The van der Waals surface area contributed by atoms with Crippen LogP contribution in [0.1, 0.15) is 23.6 Å². The molecule has 0 aliphatic heterocycles. The summed E-state index contributed by atoms with van der Waals surface area (Å²) in [6, 6.07) is 22.0. The highest BCUT2D eigenvalue weighted by Crippen LogP contribution is 2.22. The van der Waals surface area contributed by atoms with Crippen molar-refractivity contribution in [1.82, 2.24) is 10.2 Å². The lowest BCUT2D eigenvalue weighted by Crippen LogP contribution is -2.51. The SMILES string of the molecule is CCNC(=O)[C@@H](Cc1ccccc1)N(Cc1ccc(Br)cc1)C(=O)COc1ccc(Cl)c(C)c1. The third-order valence-electron chi connectivity index (χ3n) is 5.38. The third kappa shape index (κ3) is 7.34. The molecule has 0 bridgehead atoms. The fourth-order valence-electron chi connectivity index (χ4n) is 3.57. The van der Waals surface area contributed by atoms with Crippen LogP contribution in [0.2, 0.25) is 5.02 Å². The van der Waals surface area contributed by atoms with E-state index in [-0.39, 0.29) is 25.0 Å². The quantitative estimate of drug-likeness (QED) is 0.364. The Morgan fingerprint density at radius 1 is 1.03 bits per heavy atom. The van der Waals surface area contributed by atoms with Crippen molar-refractivity contribution >= 4 is 39.3 Å². The van der Waals surface area contributed by atoms with E-state index >= 15 is 0 Å². The molecule has 0 aromatic heterocycles. The number of nitrogens with zero attached hydrogens (tertiary/aromatic N) is 1. The van der Waals surface area contributed by atoms with E-state index in [2.05, 4.69) is 21.2 Å². The summed E-state index contributed by atoms with van der Waals surface area (Å²) in [4.78, 5) is 28.2. The maximum atomic E-state index is 13.5. The van der Waals surface area contributed by atoms with Crippen LogP contribution in [0.25, 0.3) is 0 Å². The summed E-state index contributed by atoms with van der Waals surface area (Å²) in [7, 11) is 0. The average molecular weight is 544 g/mol. The molecule has 0 saturated carbocycles. The Balaban J connectivity index is 1.88. The molecule has 0 fully saturated rings. The summed E-state index contributed by atoms with van der Waals surface area (Å²) in [6.07, 6.45) is 0.398. The topological polar surface area (TPSA) is 58.6 Å². The molecule has 178 valence electrons. The number of ether oxygens (including phenoxy) is 1. The molecule has 7 heteroatoms. The van der Waals surface area contributed by atoms with Crippen LogP contribution in [-0.4, -0.2) is 35.9 Å². The standard InChI is InChI=1S/C27H28BrClN2O3/c1-3-30-27(33)25(16-20-7-5-4-6-8-20)31(17-21-9-11-22(28)12-10-21)26(32)18-34-23-13-14-24(29)19(2)15-23/h4-15,25H,3,16-18H2,1-2H3,(H,30,33)/t25-/m1/s1. The first-order valence-corrected chi connectivity index (χ1v) is 12.3. The van der Waals surface area contributed by atoms with Gasteiger partial charge in [0.1, 0.15) is 11.8 Å². The number of halogens is 2. The van der Waals surface area contributed by atoms with Gasteiger partial charge in [0.2, 0.25) is 5.91 Å². The van der Waals surface area contributed by atoms with E-state index in [4.69, 9.17) is 16.3 Å². The molecule has 0 saturated heterocycles. The summed E-state index contributed by atoms with van der Waals surface area (Å²) in [6.45, 7) is 4.31. The number of benzene rings is 3. The van der Waals surface area contributed by atoms with E-state index in [1.807, 2.05) is 68.4 Å². The van der Waals surface area contributed by atoms with Gasteiger partial charge in [0.15, 0.2) is 6.61 Å². The second kappa shape index (κ2) is 12.6. The molecule has 3 aromatic rings. The van der Waals surface area contributed by atoms with Crippen LogP contribution in [0.5, 0.6) is 5.75 Å². The lowest BCUT2D eigenvalue weighted by molar-refractivity contribution is -0.142. The molecular weight excluding hydrogens is 516 g/mol. The number of hydrogen-bond donors (Lipinski definition) is 1. The van der Waals surface area contributed by atoms with E-state index in [1.165, 1.54) is 0 Å². The summed E-state index contributed by atoms with van der Waals surface area (Å²) < 4.78 is 6.74. The van der Waals surface area contributed by atoms with Crippen LogP contribution in [0, 0.1) is 6.92 Å². The summed E-state index contributed by atoms with van der Waals surface area (Å²) in [5.41, 5.74) is 2.76. The van der Waals surface area contributed by atoms with Crippen LogP contribution in [0.3, 0.4) is 0 Å². The molecule has 0 radical (unpaired) electrons. The van der Waals surface area contributed by atoms with Gasteiger partial charge in [-0.2, -0.15) is 0 Å². The third-order valence-corrected chi connectivity index (χ3v) is 6.33. The number of aryl methyl sites for hydroxylation is 1. The molecule has 0 aliphatic carbocycles. The highest BCUT2D eigenvalue weighted by atomic mass is 79.9. The molecule has 2 amide bonds. The van der Waals surface area contributed by atoms with E-state index < -0.39 is 6.04 Å². The van der Waals surface area contributed by atoms with E-state index in [0.29, 0.717) is 23.7 Å². The smallest absolute Gasteiger partial charge is 0.261 e. The number of carbonyl (C=O) groups is 2. The number of rotatable bonds is 10. The van der Waals surface area contributed by atoms with Crippen molar-refractivity contribution in [2.75, 3.05) is 13.2 Å². The first-order valence-electron chi connectivity index (χ1n) is 11.1. The minimum Gasteiger partial charge on any atom is -0.484 e. The second-order valence-electron chi connectivity index (χ2n) is 7.95. The number of likely N-dealkylation sites (N-methyl/N-ethyl adjacent to an activating group) is 1. The van der Waals surface area contributed by atoms with E-state index in [0.717, 1.165) is 21.2 Å². The molecule has 3 rings (SSSR count). The summed E-state index contributed by atoms with van der Waals surface area (Å²) >= 11 is 9.54. The fraction of sp³-hybridized carbons (Fsp3) is 0.259. The van der Waals surface area contributed by atoms with Gasteiger partial charge < -0.3 is 15.0 Å². The highest BCUT2D eigenvalue weighted by molar-refractivity contribution is 9.10. The Morgan fingerprint density at radius 3 is 2.38 bits per heavy atom. The first kappa shape index (κ1) is 25.8. The Bertz CT molecular complexity index is 1110. The van der Waals surface area contributed by atoms with Crippen molar-refractivity contribution in [3.8, 4) is 5.75 Å². The van der Waals surface area contributed by atoms with Crippen molar-refractivity contribution < 1.29 is 14.3 Å². The molecule has 3 aromatic carbocycles. The minimum atomic E-state index is -0.686. The normalized spacial score (nSPS) is 11.5. The number of carbonyl (C=O) groups excluding carboxylic acids is 2. The van der Waals surface area contributed by atoms with Gasteiger partial charge in [0.05, 0.1) is 0 Å². The predicted octanol–water partition coefficient (Wildman–Crippen LogP) is 5.57. The maximum Gasteiger partial charge on any atom is 0.261 e. The predicted molar refractivity (Wildman–Crippen MR) is 139 cm³/mol. The zero-order valence-corrected chi connectivity index (χ0v) is 21.6. The Hall–Kier alpha value is -2.83. The molecule has 0 spiro atoms. The van der Waals surface area contributed by atoms with Crippen molar-refractivity contribution in [3.05, 3.63) is 99.0 Å². The molecule has 5 nitrogen and oxygen atoms in total. The van der Waals surface area contributed by atoms with Gasteiger partial charge in [0.25, 0.3) is 5.91 Å². The molecule has 0 heterocycles. The molecule has 1 N–H and O–H groups in total. The van der Waals surface area contributed by atoms with Gasteiger partial charge in [-0.1, -0.05) is 70.0 Å². The number of amides is 2. The highest BCUT2D eigenvalue weighted by Gasteiger charge is 2.30. The maximum absolute atomic E-state index is 13.5. The molecule has 1 atom stereocenters. The van der Waals surface area contributed by atoms with Crippen molar-refractivity contribution in [2.24, 2.45) is 0 Å². The lowest BCUT2D eigenvalue weighted by atomic mass is 10.0. The zero-order chi connectivity index (χ0) is 24.5. The van der Waals surface area contributed by atoms with Crippen molar-refractivity contribution in [3.63, 3.8) is 0 Å². The number of nitrogens with one attached hydrogen (secondary N) is 1. The van der Waals surface area contributed by atoms with Gasteiger partial charge in [-0.25, -0.2) is 0 Å². The van der Waals surface area contributed by atoms with E-state index in [1.54, 1.807) is 23.1 Å². The number of hydrogen-bond acceptors (Lipinski definition) is 3. The molecular formula is C27H28BrClN2O3. The summed E-state index contributed by atoms with van der Waals surface area (Å²) in [5, 5.41) is 3.52. The molecule has 0 aliphatic rings. The summed E-state index contributed by atoms with van der Waals surface area (Å²) in [5.74, 6) is 0.0818. The molecule has 0 unspecified atom stereocenters. The van der Waals surface area contributed by atoms with Gasteiger partial charge in [-0.3, -0.25) is 9.59 Å². The lowest BCUT2D eigenvalue weighted by Gasteiger charge is -2.31. The Labute approximate surface area is 214 Å². The zero-order valence-electron chi connectivity index (χ0n) is 19.3. The van der Waals surface area contributed by atoms with Gasteiger partial charge in [0, 0.05) is 29.0 Å². The van der Waals surface area contributed by atoms with Gasteiger partial charge in [-0.15, -0.1) is 0 Å². The largest absolute Gasteiger partial charge is 0.484 e. The average Bonchev–Trinajstić information content (AvgIpc) is 2.84. The van der Waals surface area contributed by atoms with Gasteiger partial charge >= 0.3 is 0 Å². The van der Waals surface area contributed by atoms with E-state index in [9.17, 15) is 9.59 Å². The second-order valence-corrected chi connectivity index (χ2v) is 9.27. The van der Waals surface area contributed by atoms with Crippen molar-refractivity contribution in [2.45, 2.75) is 32.9 Å². The van der Waals surface area contributed by atoms with Crippen LogP contribution in [0.4, 0.5) is 0 Å². The van der Waals surface area contributed by atoms with Crippen LogP contribution in [0.15, 0.2) is 77.3 Å². The minimum absolute atomic E-state index is 0.192. The molecule has 34 heavy (non-hydrogen) atoms. The fourth-order valence-corrected chi connectivity index (χ4v) is 3.95.